The summed E-state index contributed by atoms with van der Waals surface area (Å²) in [5.41, 5.74) is -1.16. The molecule has 3 aromatic carbocycles. The maximum Gasteiger partial charge on any atom is 0.330 e. The van der Waals surface area contributed by atoms with Gasteiger partial charge in [0.1, 0.15) is 108 Å². The van der Waals surface area contributed by atoms with Crippen molar-refractivity contribution in [1.29, 1.82) is 0 Å². The van der Waals surface area contributed by atoms with Crippen LogP contribution in [0, 0.1) is 0 Å². The largest absolute Gasteiger partial charge is 0.508 e. The third-order valence-corrected chi connectivity index (χ3v) is 13.4. The first-order chi connectivity index (χ1) is 37.4. The number of rotatable bonds is 16. The molecule has 79 heavy (non-hydrogen) atoms. The second kappa shape index (κ2) is 24.6. The highest BCUT2D eigenvalue weighted by Gasteiger charge is 2.53. The summed E-state index contributed by atoms with van der Waals surface area (Å²) in [7, 11) is 1.34. The zero-order valence-electron chi connectivity index (χ0n) is 42.2. The number of hydrogen-bond donors (Lipinski definition) is 13. The Hall–Kier alpha value is -6.29. The molecule has 0 spiro atoms. The van der Waals surface area contributed by atoms with Crippen LogP contribution >= 0.6 is 0 Å². The number of aliphatic hydroxyl groups excluding tert-OH is 10. The van der Waals surface area contributed by atoms with Crippen LogP contribution in [0.5, 0.6) is 34.5 Å². The predicted molar refractivity (Wildman–Crippen MR) is 260 cm³/mol. The molecule has 4 saturated heterocycles. The molecule has 4 aromatic rings. The summed E-state index contributed by atoms with van der Waals surface area (Å²) < 4.78 is 68.3. The zero-order chi connectivity index (χ0) is 57.3. The quantitative estimate of drug-likeness (QED) is 0.0407. The Kier molecular flexibility index (Phi) is 18.3. The van der Waals surface area contributed by atoms with Crippen LogP contribution in [0.2, 0.25) is 0 Å². The van der Waals surface area contributed by atoms with Crippen molar-refractivity contribution in [3.05, 3.63) is 76.5 Å². The number of methoxy groups -OCH3 is 1. The van der Waals surface area contributed by atoms with E-state index in [0.717, 1.165) is 25.1 Å². The number of hydrogen-bond acceptors (Lipinski definition) is 28. The molecule has 28 nitrogen and oxygen atoms in total. The number of ether oxygens (including phenoxy) is 11. The molecular formula is C51H60O28. The van der Waals surface area contributed by atoms with Crippen molar-refractivity contribution in [3.63, 3.8) is 0 Å². The van der Waals surface area contributed by atoms with Crippen molar-refractivity contribution in [2.45, 2.75) is 144 Å². The van der Waals surface area contributed by atoms with Crippen LogP contribution in [0.15, 0.2) is 69.9 Å². The molecule has 0 aliphatic carbocycles. The lowest BCUT2D eigenvalue weighted by Crippen LogP contribution is -2.65. The molecule has 0 unspecified atom stereocenters. The topological polar surface area (TPSA) is 429 Å². The summed E-state index contributed by atoms with van der Waals surface area (Å²) in [6.45, 7) is 2.36. The van der Waals surface area contributed by atoms with Gasteiger partial charge in [-0.2, -0.15) is 0 Å². The molecule has 4 aliphatic rings. The first-order valence-corrected chi connectivity index (χ1v) is 24.5. The van der Waals surface area contributed by atoms with Gasteiger partial charge in [0.25, 0.3) is 0 Å². The van der Waals surface area contributed by atoms with Gasteiger partial charge in [0.2, 0.25) is 23.8 Å². The standard InChI is InChI=1S/C51H60O28/c1-18-33(57)37(61)41(65)48(71-18)70-17-30-35(59)39(63)47(79-49-43(67)40(64)44(19(2)72-49)73-20(3)52)51(77-30)78-46-36(60)32-26(55)14-24(15-28(32)75-45(46)22-7-9-23(53)10-8-22)74-50-42(66)38(62)34(58)29(76-50)16-69-31(56)12-6-21-5-11-25(54)27(13-21)68-4/h5-15,18-19,29-30,33-35,37-44,47-51,53-55,57-59,61-67H,16-17H2,1-4H3/b12-6+/t18-,19-,29+,30+,33-,34+,35-,37+,38-,39-,40-,41+,42+,43+,44-,47+,48+,49-,50+,51-/m0/s1. The third-order valence-electron chi connectivity index (χ3n) is 13.4. The fourth-order valence-electron chi connectivity index (χ4n) is 9.06. The van der Waals surface area contributed by atoms with E-state index in [1.165, 1.54) is 69.5 Å². The molecule has 5 heterocycles. The molecule has 8 rings (SSSR count). The van der Waals surface area contributed by atoms with Gasteiger partial charge in [-0.1, -0.05) is 6.07 Å². The van der Waals surface area contributed by atoms with E-state index in [2.05, 4.69) is 0 Å². The van der Waals surface area contributed by atoms with Gasteiger partial charge in [0.15, 0.2) is 42.0 Å². The van der Waals surface area contributed by atoms with E-state index in [1.54, 1.807) is 0 Å². The number of aliphatic hydroxyl groups is 10. The Balaban J connectivity index is 1.09. The molecular weight excluding hydrogens is 1060 g/mol. The summed E-state index contributed by atoms with van der Waals surface area (Å²) in [5, 5.41) is 140. The summed E-state index contributed by atoms with van der Waals surface area (Å²) in [6, 6.07) is 11.2. The van der Waals surface area contributed by atoms with Crippen LogP contribution < -0.4 is 19.6 Å². The Bertz CT molecular complexity index is 2860. The molecule has 0 saturated carbocycles. The van der Waals surface area contributed by atoms with Crippen molar-refractivity contribution in [1.82, 2.24) is 0 Å². The van der Waals surface area contributed by atoms with Crippen LogP contribution in [0.3, 0.4) is 0 Å². The normalized spacial score (nSPS) is 35.0. The molecule has 432 valence electrons. The monoisotopic (exact) mass is 1120 g/mol. The molecule has 0 radical (unpaired) electrons. The van der Waals surface area contributed by atoms with E-state index in [0.29, 0.717) is 5.56 Å². The van der Waals surface area contributed by atoms with Gasteiger partial charge in [0, 0.05) is 30.7 Å². The van der Waals surface area contributed by atoms with E-state index in [1.807, 2.05) is 0 Å². The molecule has 28 heteroatoms. The van der Waals surface area contributed by atoms with Crippen LogP contribution in [0.25, 0.3) is 28.4 Å². The summed E-state index contributed by atoms with van der Waals surface area (Å²) in [6.07, 6.45) is -32.8. The minimum Gasteiger partial charge on any atom is -0.508 e. The minimum absolute atomic E-state index is 0.00215. The number of benzene rings is 3. The van der Waals surface area contributed by atoms with E-state index >= 15 is 0 Å². The van der Waals surface area contributed by atoms with E-state index in [-0.39, 0.29) is 28.6 Å². The minimum atomic E-state index is -2.13. The smallest absolute Gasteiger partial charge is 0.330 e. The van der Waals surface area contributed by atoms with Crippen LogP contribution in [-0.4, -0.2) is 221 Å². The lowest BCUT2D eigenvalue weighted by atomic mass is 9.97. The number of fused-ring (bicyclic) bond motifs is 1. The SMILES string of the molecule is COc1cc(/C=C/C(=O)OC[C@H]2O[C@@H](Oc3cc(O)c4c(=O)c(O[C@@H]5O[C@H](CO[C@@H]6O[C@@H](C)[C@H](O)[C@@H](O)[C@H]6O)[C@H](O)[C@H](O)[C@H]5O[C@@H]5O[C@@H](C)[C@H](OC(C)=O)[C@@H](O)[C@H]5O)c(-c5ccc(O)cc5)oc4c3)[C@H](O)[C@@H](O)[C@@H]2O)ccc1O. The maximum absolute atomic E-state index is 14.8. The molecule has 20 atom stereocenters. The molecule has 4 aliphatic heterocycles. The predicted octanol–water partition coefficient (Wildman–Crippen LogP) is -2.52. The van der Waals surface area contributed by atoms with E-state index in [9.17, 15) is 80.8 Å². The lowest BCUT2D eigenvalue weighted by Gasteiger charge is -2.46. The fourth-order valence-corrected chi connectivity index (χ4v) is 9.06. The number of carbonyl (C=O) groups excluding carboxylic acids is 2. The summed E-state index contributed by atoms with van der Waals surface area (Å²) >= 11 is 0. The average molecular weight is 1120 g/mol. The highest BCUT2D eigenvalue weighted by atomic mass is 16.8. The van der Waals surface area contributed by atoms with E-state index < -0.39 is 182 Å². The van der Waals surface area contributed by atoms with Crippen LogP contribution in [0.4, 0.5) is 0 Å². The molecule has 0 bridgehead atoms. The molecule has 4 fully saturated rings. The Labute approximate surface area is 446 Å². The zero-order valence-corrected chi connectivity index (χ0v) is 42.2. The van der Waals surface area contributed by atoms with Gasteiger partial charge >= 0.3 is 11.9 Å². The van der Waals surface area contributed by atoms with Crippen LogP contribution in [0.1, 0.15) is 26.3 Å². The van der Waals surface area contributed by atoms with Gasteiger partial charge in [-0.15, -0.1) is 0 Å². The molecule has 1 aromatic heterocycles. The van der Waals surface area contributed by atoms with Gasteiger partial charge in [-0.25, -0.2) is 4.79 Å². The van der Waals surface area contributed by atoms with Crippen molar-refractivity contribution >= 4 is 29.0 Å². The van der Waals surface area contributed by atoms with Gasteiger partial charge in [-0.3, -0.25) is 9.59 Å². The van der Waals surface area contributed by atoms with Gasteiger partial charge < -0.3 is 123 Å². The number of aromatic hydroxyl groups is 3. The second-order valence-electron chi connectivity index (χ2n) is 19.0. The maximum atomic E-state index is 14.8. The highest BCUT2D eigenvalue weighted by Crippen LogP contribution is 2.40. The Morgan fingerprint density at radius 3 is 1.94 bits per heavy atom. The van der Waals surface area contributed by atoms with Crippen molar-refractivity contribution in [3.8, 4) is 45.8 Å². The Morgan fingerprint density at radius 2 is 1.24 bits per heavy atom. The first-order valence-electron chi connectivity index (χ1n) is 24.5. The molecule has 0 amide bonds. The first kappa shape index (κ1) is 58.8. The van der Waals surface area contributed by atoms with Gasteiger partial charge in [-0.05, 0) is 61.9 Å². The summed E-state index contributed by atoms with van der Waals surface area (Å²) in [5.74, 6) is -4.50. The fraction of sp³-hybridized carbons (Fsp3) is 0.510. The lowest BCUT2D eigenvalue weighted by molar-refractivity contribution is -0.360. The molecule has 13 N–H and O–H groups in total. The van der Waals surface area contributed by atoms with Crippen molar-refractivity contribution < 1.29 is 132 Å². The van der Waals surface area contributed by atoms with Crippen molar-refractivity contribution in [2.24, 2.45) is 0 Å². The summed E-state index contributed by atoms with van der Waals surface area (Å²) in [4.78, 5) is 39.3. The second-order valence-corrected chi connectivity index (χ2v) is 19.0. The highest BCUT2D eigenvalue weighted by molar-refractivity contribution is 5.89. The third kappa shape index (κ3) is 12.7. The van der Waals surface area contributed by atoms with Gasteiger partial charge in [0.05, 0.1) is 25.9 Å². The Morgan fingerprint density at radius 1 is 0.620 bits per heavy atom. The number of phenols is 3. The number of carbonyl (C=O) groups is 2. The van der Waals surface area contributed by atoms with Crippen molar-refractivity contribution in [2.75, 3.05) is 20.3 Å². The van der Waals surface area contributed by atoms with Crippen LogP contribution in [-0.2, 0) is 47.5 Å². The number of phenolic OH excluding ortho intramolecular Hbond substituents is 3. The number of esters is 2. The average Bonchev–Trinajstić information content (AvgIpc) is 3.49. The van der Waals surface area contributed by atoms with E-state index in [4.69, 9.17) is 56.5 Å².